The smallest absolute Gasteiger partial charge is 0.224 e. The number of carbonyl (C=O) groups is 1. The van der Waals surface area contributed by atoms with Crippen LogP contribution in [0.3, 0.4) is 0 Å². The van der Waals surface area contributed by atoms with Crippen molar-refractivity contribution in [3.8, 4) is 0 Å². The van der Waals surface area contributed by atoms with E-state index in [1.165, 1.54) is 11.1 Å². The zero-order valence-electron chi connectivity index (χ0n) is 12.9. The minimum atomic E-state index is -0.238. The fraction of sp³-hybridized carbons (Fsp3) is 0.316. The predicted octanol–water partition coefficient (Wildman–Crippen LogP) is 3.22. The number of amides is 1. The summed E-state index contributed by atoms with van der Waals surface area (Å²) in [7, 11) is 0. The summed E-state index contributed by atoms with van der Waals surface area (Å²) in [4.78, 5) is 14.6. The molecule has 1 heterocycles. The Bertz CT molecular complexity index is 653. The van der Waals surface area contributed by atoms with Crippen LogP contribution in [-0.4, -0.2) is 17.4 Å². The predicted molar refractivity (Wildman–Crippen MR) is 88.3 cm³/mol. The Balaban J connectivity index is 1.71. The third kappa shape index (κ3) is 2.90. The summed E-state index contributed by atoms with van der Waals surface area (Å²) in [6.45, 7) is 2.88. The summed E-state index contributed by atoms with van der Waals surface area (Å²) in [5, 5.41) is 0. The van der Waals surface area contributed by atoms with Gasteiger partial charge in [-0.2, -0.15) is 0 Å². The molecule has 2 aromatic carbocycles. The topological polar surface area (TPSA) is 46.3 Å². The third-order valence-corrected chi connectivity index (χ3v) is 4.54. The average Bonchev–Trinajstić information content (AvgIpc) is 2.56. The minimum absolute atomic E-state index is 0.125. The molecule has 2 unspecified atom stereocenters. The molecule has 3 nitrogen and oxygen atoms in total. The van der Waals surface area contributed by atoms with Crippen LogP contribution >= 0.6 is 0 Å². The number of hydrogen-bond donors (Lipinski definition) is 1. The lowest BCUT2D eigenvalue weighted by molar-refractivity contribution is -0.134. The second-order valence-electron chi connectivity index (χ2n) is 5.93. The van der Waals surface area contributed by atoms with Gasteiger partial charge >= 0.3 is 0 Å². The van der Waals surface area contributed by atoms with Gasteiger partial charge in [-0.3, -0.25) is 4.79 Å². The molecule has 1 aliphatic heterocycles. The summed E-state index contributed by atoms with van der Waals surface area (Å²) >= 11 is 0. The quantitative estimate of drug-likeness (QED) is 0.944. The van der Waals surface area contributed by atoms with Gasteiger partial charge in [-0.25, -0.2) is 0 Å². The largest absolute Gasteiger partial charge is 0.336 e. The van der Waals surface area contributed by atoms with Gasteiger partial charge in [-0.1, -0.05) is 54.6 Å². The third-order valence-electron chi connectivity index (χ3n) is 4.54. The van der Waals surface area contributed by atoms with Crippen molar-refractivity contribution < 1.29 is 4.79 Å². The molecule has 2 N–H and O–H groups in total. The second-order valence-corrected chi connectivity index (χ2v) is 5.93. The van der Waals surface area contributed by atoms with E-state index in [0.717, 1.165) is 18.5 Å². The zero-order chi connectivity index (χ0) is 15.5. The maximum atomic E-state index is 12.6. The first-order valence-corrected chi connectivity index (χ1v) is 7.84. The number of nitrogens with zero attached hydrogens (tertiary/aromatic N) is 1. The number of hydrogen-bond acceptors (Lipinski definition) is 2. The summed E-state index contributed by atoms with van der Waals surface area (Å²) in [5.41, 5.74) is 9.82. The highest BCUT2D eigenvalue weighted by molar-refractivity contribution is 5.78. The standard InChI is InChI=1S/C19H22N2O/c1-14-17-10-6-5-7-15(17)11-12-21(14)19(22)13-18(20)16-8-3-2-4-9-16/h2-10,14,18H,11-13,20H2,1H3. The SMILES string of the molecule is CC1c2ccccc2CCN1C(=O)CC(N)c1ccccc1. The number of nitrogens with two attached hydrogens (primary N) is 1. The van der Waals surface area contributed by atoms with E-state index >= 15 is 0 Å². The average molecular weight is 294 g/mol. The lowest BCUT2D eigenvalue weighted by Crippen LogP contribution is -2.40. The summed E-state index contributed by atoms with van der Waals surface area (Å²) < 4.78 is 0. The Kier molecular flexibility index (Phi) is 4.25. The first kappa shape index (κ1) is 14.8. The van der Waals surface area contributed by atoms with Crippen molar-refractivity contribution in [2.45, 2.75) is 31.8 Å². The Morgan fingerprint density at radius 2 is 1.86 bits per heavy atom. The van der Waals surface area contributed by atoms with Crippen LogP contribution in [0.5, 0.6) is 0 Å². The Labute approximate surface area is 131 Å². The van der Waals surface area contributed by atoms with Crippen molar-refractivity contribution in [1.29, 1.82) is 0 Å². The Morgan fingerprint density at radius 3 is 2.64 bits per heavy atom. The first-order chi connectivity index (χ1) is 10.7. The van der Waals surface area contributed by atoms with Crippen LogP contribution in [0.15, 0.2) is 54.6 Å². The van der Waals surface area contributed by atoms with E-state index in [1.54, 1.807) is 0 Å². The summed E-state index contributed by atoms with van der Waals surface area (Å²) in [5.74, 6) is 0.137. The van der Waals surface area contributed by atoms with E-state index in [0.29, 0.717) is 6.42 Å². The van der Waals surface area contributed by atoms with E-state index in [-0.39, 0.29) is 18.0 Å². The van der Waals surface area contributed by atoms with Crippen molar-refractivity contribution >= 4 is 5.91 Å². The molecule has 2 atom stereocenters. The monoisotopic (exact) mass is 294 g/mol. The van der Waals surface area contributed by atoms with E-state index < -0.39 is 0 Å². The molecule has 3 rings (SSSR count). The second kappa shape index (κ2) is 6.32. The van der Waals surface area contributed by atoms with E-state index in [1.807, 2.05) is 41.3 Å². The van der Waals surface area contributed by atoms with Gasteiger partial charge in [-0.05, 0) is 30.0 Å². The van der Waals surface area contributed by atoms with Gasteiger partial charge in [0.05, 0.1) is 6.04 Å². The lowest BCUT2D eigenvalue weighted by atomic mass is 9.93. The Hall–Kier alpha value is -2.13. The maximum Gasteiger partial charge on any atom is 0.224 e. The van der Waals surface area contributed by atoms with E-state index in [4.69, 9.17) is 5.73 Å². The van der Waals surface area contributed by atoms with Crippen molar-refractivity contribution in [1.82, 2.24) is 4.90 Å². The van der Waals surface area contributed by atoms with Gasteiger partial charge in [0.2, 0.25) is 5.91 Å². The molecule has 3 heteroatoms. The van der Waals surface area contributed by atoms with Gasteiger partial charge in [0, 0.05) is 19.0 Å². The van der Waals surface area contributed by atoms with Gasteiger partial charge < -0.3 is 10.6 Å². The van der Waals surface area contributed by atoms with E-state index in [2.05, 4.69) is 25.1 Å². The van der Waals surface area contributed by atoms with Crippen LogP contribution in [0.1, 0.15) is 42.1 Å². The number of fused-ring (bicyclic) bond motifs is 1. The molecule has 0 bridgehead atoms. The highest BCUT2D eigenvalue weighted by atomic mass is 16.2. The molecule has 0 radical (unpaired) electrons. The molecule has 114 valence electrons. The van der Waals surface area contributed by atoms with Gasteiger partial charge in [-0.15, -0.1) is 0 Å². The normalized spacial score (nSPS) is 18.6. The van der Waals surface area contributed by atoms with Crippen LogP contribution in [-0.2, 0) is 11.2 Å². The molecule has 1 amide bonds. The van der Waals surface area contributed by atoms with Crippen LogP contribution < -0.4 is 5.73 Å². The number of rotatable bonds is 3. The minimum Gasteiger partial charge on any atom is -0.336 e. The fourth-order valence-electron chi connectivity index (χ4n) is 3.24. The molecule has 0 spiro atoms. The van der Waals surface area contributed by atoms with Crippen LogP contribution in [0, 0.1) is 0 Å². The Morgan fingerprint density at radius 1 is 1.18 bits per heavy atom. The van der Waals surface area contributed by atoms with Crippen molar-refractivity contribution in [2.75, 3.05) is 6.54 Å². The lowest BCUT2D eigenvalue weighted by Gasteiger charge is -2.36. The molecular formula is C19H22N2O. The molecule has 0 fully saturated rings. The molecule has 0 saturated carbocycles. The van der Waals surface area contributed by atoms with E-state index in [9.17, 15) is 4.79 Å². The zero-order valence-corrected chi connectivity index (χ0v) is 12.9. The van der Waals surface area contributed by atoms with Crippen LogP contribution in [0.4, 0.5) is 0 Å². The highest BCUT2D eigenvalue weighted by Crippen LogP contribution is 2.30. The molecule has 0 aromatic heterocycles. The number of benzene rings is 2. The highest BCUT2D eigenvalue weighted by Gasteiger charge is 2.28. The summed E-state index contributed by atoms with van der Waals surface area (Å²) in [6.07, 6.45) is 1.28. The molecule has 1 aliphatic rings. The van der Waals surface area contributed by atoms with Gasteiger partial charge in [0.25, 0.3) is 0 Å². The molecule has 2 aromatic rings. The molecule has 0 aliphatic carbocycles. The van der Waals surface area contributed by atoms with Crippen LogP contribution in [0.25, 0.3) is 0 Å². The van der Waals surface area contributed by atoms with Crippen molar-refractivity contribution in [2.24, 2.45) is 5.73 Å². The fourth-order valence-corrected chi connectivity index (χ4v) is 3.24. The van der Waals surface area contributed by atoms with Gasteiger partial charge in [0.15, 0.2) is 0 Å². The maximum absolute atomic E-state index is 12.6. The van der Waals surface area contributed by atoms with Crippen LogP contribution in [0.2, 0.25) is 0 Å². The molecule has 22 heavy (non-hydrogen) atoms. The molecular weight excluding hydrogens is 272 g/mol. The summed E-state index contributed by atoms with van der Waals surface area (Å²) in [6, 6.07) is 18.1. The van der Waals surface area contributed by atoms with Gasteiger partial charge in [0.1, 0.15) is 0 Å². The first-order valence-electron chi connectivity index (χ1n) is 7.84. The number of carbonyl (C=O) groups excluding carboxylic acids is 1. The van der Waals surface area contributed by atoms with Crippen molar-refractivity contribution in [3.05, 3.63) is 71.3 Å². The van der Waals surface area contributed by atoms with Crippen molar-refractivity contribution in [3.63, 3.8) is 0 Å². The molecule has 0 saturated heterocycles.